The number of aryl methyl sites for hydroxylation is 1. The molecule has 0 aromatic carbocycles. The lowest BCUT2D eigenvalue weighted by Gasteiger charge is -2.14. The molecule has 1 atom stereocenters. The minimum atomic E-state index is 0.705. The van der Waals surface area contributed by atoms with Crippen molar-refractivity contribution in [3.63, 3.8) is 0 Å². The van der Waals surface area contributed by atoms with E-state index in [1.54, 1.807) is 0 Å². The summed E-state index contributed by atoms with van der Waals surface area (Å²) in [6, 6.07) is 2.23. The summed E-state index contributed by atoms with van der Waals surface area (Å²) in [4.78, 5) is 0. The monoisotopic (exact) mass is 147 g/mol. The van der Waals surface area contributed by atoms with Crippen molar-refractivity contribution in [3.8, 4) is 0 Å². The Bertz CT molecular complexity index is 294. The lowest BCUT2D eigenvalue weighted by Crippen LogP contribution is -2.00. The summed E-state index contributed by atoms with van der Waals surface area (Å²) in [6.07, 6.45) is 7.80. The fourth-order valence-corrected chi connectivity index (χ4v) is 1.70. The maximum atomic E-state index is 2.28. The molecular weight excluding hydrogens is 134 g/mol. The molecule has 0 saturated carbocycles. The number of aromatic nitrogens is 1. The van der Waals surface area contributed by atoms with Crippen LogP contribution in [0.4, 0.5) is 0 Å². The molecule has 0 amide bonds. The third-order valence-corrected chi connectivity index (χ3v) is 2.45. The van der Waals surface area contributed by atoms with Gasteiger partial charge in [0, 0.05) is 18.9 Å². The van der Waals surface area contributed by atoms with Gasteiger partial charge in [-0.2, -0.15) is 0 Å². The van der Waals surface area contributed by atoms with Crippen molar-refractivity contribution < 1.29 is 0 Å². The molecule has 0 aliphatic heterocycles. The zero-order valence-corrected chi connectivity index (χ0v) is 7.04. The van der Waals surface area contributed by atoms with Crippen LogP contribution in [0.25, 0.3) is 6.08 Å². The molecule has 1 aliphatic rings. The summed E-state index contributed by atoms with van der Waals surface area (Å²) in [5, 5.41) is 0. The number of rotatable bonds is 0. The molecule has 1 nitrogen and oxygen atoms in total. The normalized spacial score (nSPS) is 21.8. The van der Waals surface area contributed by atoms with Gasteiger partial charge in [-0.1, -0.05) is 13.0 Å². The molecule has 0 fully saturated rings. The fraction of sp³-hybridized carbons (Fsp3) is 0.400. The highest BCUT2D eigenvalue weighted by Gasteiger charge is 2.13. The lowest BCUT2D eigenvalue weighted by molar-refractivity contribution is 0.760. The Hall–Kier alpha value is -0.980. The van der Waals surface area contributed by atoms with Crippen molar-refractivity contribution in [2.45, 2.75) is 19.3 Å². The molecule has 2 rings (SSSR count). The van der Waals surface area contributed by atoms with Gasteiger partial charge in [0.15, 0.2) is 0 Å². The molecule has 1 heterocycles. The highest BCUT2D eigenvalue weighted by Crippen LogP contribution is 2.29. The van der Waals surface area contributed by atoms with Crippen LogP contribution >= 0.6 is 0 Å². The minimum Gasteiger partial charge on any atom is -0.351 e. The lowest BCUT2D eigenvalue weighted by atomic mass is 9.93. The van der Waals surface area contributed by atoms with E-state index < -0.39 is 0 Å². The average Bonchev–Trinajstić information content (AvgIpc) is 2.35. The summed E-state index contributed by atoms with van der Waals surface area (Å²) in [7, 11) is 2.10. The van der Waals surface area contributed by atoms with Crippen molar-refractivity contribution in [2.75, 3.05) is 0 Å². The Morgan fingerprint density at radius 2 is 2.36 bits per heavy atom. The predicted molar refractivity (Wildman–Crippen MR) is 47.5 cm³/mol. The van der Waals surface area contributed by atoms with Crippen molar-refractivity contribution in [3.05, 3.63) is 29.6 Å². The van der Waals surface area contributed by atoms with Gasteiger partial charge in [-0.25, -0.2) is 0 Å². The van der Waals surface area contributed by atoms with Crippen LogP contribution in [0, 0.1) is 0 Å². The summed E-state index contributed by atoms with van der Waals surface area (Å²) >= 11 is 0. The molecule has 1 aromatic heterocycles. The van der Waals surface area contributed by atoms with Gasteiger partial charge < -0.3 is 4.57 Å². The minimum absolute atomic E-state index is 0.705. The van der Waals surface area contributed by atoms with Crippen molar-refractivity contribution in [1.82, 2.24) is 4.57 Å². The summed E-state index contributed by atoms with van der Waals surface area (Å²) in [5.41, 5.74) is 2.87. The first-order valence-electron chi connectivity index (χ1n) is 4.11. The molecule has 58 valence electrons. The molecule has 1 aromatic rings. The van der Waals surface area contributed by atoms with E-state index in [0.717, 1.165) is 0 Å². The van der Waals surface area contributed by atoms with E-state index in [1.165, 1.54) is 17.7 Å². The van der Waals surface area contributed by atoms with E-state index >= 15 is 0 Å². The standard InChI is InChI=1S/C10H13N/c1-8-4-3-5-10-9(8)6-7-11(10)2/h3,5-8H,4H2,1-2H3. The number of fused-ring (bicyclic) bond motifs is 1. The number of hydrogen-bond acceptors (Lipinski definition) is 0. The van der Waals surface area contributed by atoms with Gasteiger partial charge in [0.25, 0.3) is 0 Å². The van der Waals surface area contributed by atoms with Crippen LogP contribution in [-0.2, 0) is 7.05 Å². The largest absolute Gasteiger partial charge is 0.351 e. The van der Waals surface area contributed by atoms with Crippen LogP contribution in [0.2, 0.25) is 0 Å². The number of allylic oxidation sites excluding steroid dienone is 1. The third kappa shape index (κ3) is 0.917. The first kappa shape index (κ1) is 6.71. The Balaban J connectivity index is 2.57. The van der Waals surface area contributed by atoms with Crippen molar-refractivity contribution in [1.29, 1.82) is 0 Å². The molecule has 0 radical (unpaired) electrons. The molecule has 11 heavy (non-hydrogen) atoms. The van der Waals surface area contributed by atoms with Gasteiger partial charge in [0.1, 0.15) is 0 Å². The van der Waals surface area contributed by atoms with E-state index in [0.29, 0.717) is 5.92 Å². The molecule has 0 N–H and O–H groups in total. The van der Waals surface area contributed by atoms with Gasteiger partial charge in [-0.3, -0.25) is 0 Å². The molecule has 1 heteroatoms. The Morgan fingerprint density at radius 3 is 3.09 bits per heavy atom. The zero-order valence-electron chi connectivity index (χ0n) is 7.04. The highest BCUT2D eigenvalue weighted by molar-refractivity contribution is 5.54. The van der Waals surface area contributed by atoms with Crippen LogP contribution in [0.3, 0.4) is 0 Å². The molecule has 1 aliphatic carbocycles. The quantitative estimate of drug-likeness (QED) is 0.531. The second-order valence-electron chi connectivity index (χ2n) is 3.31. The van der Waals surface area contributed by atoms with Crippen LogP contribution in [0.15, 0.2) is 18.3 Å². The van der Waals surface area contributed by atoms with Gasteiger partial charge >= 0.3 is 0 Å². The fourth-order valence-electron chi connectivity index (χ4n) is 1.70. The van der Waals surface area contributed by atoms with E-state index in [2.05, 4.69) is 43.0 Å². The summed E-state index contributed by atoms with van der Waals surface area (Å²) in [5.74, 6) is 0.705. The SMILES string of the molecule is CC1CC=Cc2c1ccn2C. The zero-order chi connectivity index (χ0) is 7.84. The van der Waals surface area contributed by atoms with Gasteiger partial charge in [0.2, 0.25) is 0 Å². The van der Waals surface area contributed by atoms with E-state index in [1.807, 2.05) is 0 Å². The second kappa shape index (κ2) is 2.26. The van der Waals surface area contributed by atoms with Crippen LogP contribution in [0.1, 0.15) is 30.5 Å². The van der Waals surface area contributed by atoms with Crippen LogP contribution < -0.4 is 0 Å². The third-order valence-electron chi connectivity index (χ3n) is 2.45. The van der Waals surface area contributed by atoms with Crippen molar-refractivity contribution in [2.24, 2.45) is 7.05 Å². The number of hydrogen-bond donors (Lipinski definition) is 0. The second-order valence-corrected chi connectivity index (χ2v) is 3.31. The van der Waals surface area contributed by atoms with E-state index in [-0.39, 0.29) is 0 Å². The Morgan fingerprint density at radius 1 is 1.55 bits per heavy atom. The first-order valence-corrected chi connectivity index (χ1v) is 4.11. The highest BCUT2D eigenvalue weighted by atomic mass is 14.9. The maximum absolute atomic E-state index is 2.28. The molecule has 0 spiro atoms. The molecular formula is C10H13N. The average molecular weight is 147 g/mol. The van der Waals surface area contributed by atoms with Crippen LogP contribution in [-0.4, -0.2) is 4.57 Å². The maximum Gasteiger partial charge on any atom is 0.0436 e. The molecule has 0 bridgehead atoms. The molecule has 1 unspecified atom stereocenters. The summed E-state index contributed by atoms with van der Waals surface area (Å²) < 4.78 is 2.18. The van der Waals surface area contributed by atoms with Crippen LogP contribution in [0.5, 0.6) is 0 Å². The topological polar surface area (TPSA) is 4.93 Å². The smallest absolute Gasteiger partial charge is 0.0436 e. The molecule has 0 saturated heterocycles. The predicted octanol–water partition coefficient (Wildman–Crippen LogP) is 2.55. The van der Waals surface area contributed by atoms with Gasteiger partial charge in [-0.05, 0) is 30.0 Å². The van der Waals surface area contributed by atoms with Gasteiger partial charge in [0.05, 0.1) is 0 Å². The summed E-state index contributed by atoms with van der Waals surface area (Å²) in [6.45, 7) is 2.28. The van der Waals surface area contributed by atoms with Gasteiger partial charge in [-0.15, -0.1) is 0 Å². The Labute approximate surface area is 67.3 Å². The number of nitrogens with zero attached hydrogens (tertiary/aromatic N) is 1. The first-order chi connectivity index (χ1) is 5.29. The van der Waals surface area contributed by atoms with Crippen molar-refractivity contribution >= 4 is 6.08 Å². The van der Waals surface area contributed by atoms with E-state index in [9.17, 15) is 0 Å². The Kier molecular flexibility index (Phi) is 1.38. The van der Waals surface area contributed by atoms with E-state index in [4.69, 9.17) is 0 Å².